The summed E-state index contributed by atoms with van der Waals surface area (Å²) >= 11 is 0. The summed E-state index contributed by atoms with van der Waals surface area (Å²) in [7, 11) is -10.3. The van der Waals surface area contributed by atoms with Crippen molar-refractivity contribution in [3.05, 3.63) is 0 Å². The molecule has 0 spiro atoms. The van der Waals surface area contributed by atoms with E-state index in [0.717, 1.165) is 0 Å². The Labute approximate surface area is 98.8 Å². The van der Waals surface area contributed by atoms with Gasteiger partial charge in [-0.25, -0.2) is 0 Å². The van der Waals surface area contributed by atoms with Crippen molar-refractivity contribution in [3.63, 3.8) is 0 Å². The van der Waals surface area contributed by atoms with E-state index in [9.17, 15) is 0 Å². The standard InChI is InChI=1S/Al.2H2O4S.Zr/c;2*1-5(2,3)4;/h;2*(H2,1,2,3,4);/q+3;;;+4/p-4. The molecular weight excluding hydrogens is 310 g/mol. The van der Waals surface area contributed by atoms with Crippen molar-refractivity contribution in [1.82, 2.24) is 0 Å². The van der Waals surface area contributed by atoms with Gasteiger partial charge in [0.1, 0.15) is 0 Å². The monoisotopic (exact) mass is 309 g/mol. The fourth-order valence-electron chi connectivity index (χ4n) is 0. The maximum absolute atomic E-state index is 8.52. The molecule has 12 heteroatoms. The van der Waals surface area contributed by atoms with E-state index in [2.05, 4.69) is 0 Å². The molecule has 64 valence electrons. The Morgan fingerprint density at radius 2 is 0.667 bits per heavy atom. The molecule has 0 heterocycles. The summed E-state index contributed by atoms with van der Waals surface area (Å²) in [4.78, 5) is 0. The Balaban J connectivity index is -0.0000000457. The minimum absolute atomic E-state index is 0. The summed E-state index contributed by atoms with van der Waals surface area (Å²) < 4.78 is 68.2. The van der Waals surface area contributed by atoms with Crippen LogP contribution in [0.5, 0.6) is 0 Å². The van der Waals surface area contributed by atoms with Crippen LogP contribution in [0.3, 0.4) is 0 Å². The summed E-state index contributed by atoms with van der Waals surface area (Å²) in [5.74, 6) is 0. The maximum atomic E-state index is 8.52. The van der Waals surface area contributed by atoms with Gasteiger partial charge in [-0.3, -0.25) is 16.8 Å². The van der Waals surface area contributed by atoms with Gasteiger partial charge < -0.3 is 18.2 Å². The van der Waals surface area contributed by atoms with Gasteiger partial charge >= 0.3 is 43.6 Å². The first kappa shape index (κ1) is 23.2. The average molecular weight is 310 g/mol. The first-order valence-electron chi connectivity index (χ1n) is 1.33. The molecule has 0 N–H and O–H groups in total. The van der Waals surface area contributed by atoms with Gasteiger partial charge in [0, 0.05) is 20.8 Å². The molecule has 0 aliphatic carbocycles. The Kier molecular flexibility index (Phi) is 16.9. The molecule has 8 nitrogen and oxygen atoms in total. The van der Waals surface area contributed by atoms with Gasteiger partial charge in [-0.15, -0.1) is 0 Å². The second kappa shape index (κ2) is 8.74. The van der Waals surface area contributed by atoms with E-state index in [0.29, 0.717) is 0 Å². The van der Waals surface area contributed by atoms with E-state index in [1.807, 2.05) is 0 Å². The van der Waals surface area contributed by atoms with Crippen molar-refractivity contribution < 1.29 is 61.3 Å². The van der Waals surface area contributed by atoms with Gasteiger partial charge in [-0.2, -0.15) is 0 Å². The summed E-state index contributed by atoms with van der Waals surface area (Å²) in [6, 6.07) is 0. The van der Waals surface area contributed by atoms with Crippen molar-refractivity contribution in [3.8, 4) is 0 Å². The predicted molar refractivity (Wildman–Crippen MR) is 26.7 cm³/mol. The summed E-state index contributed by atoms with van der Waals surface area (Å²) in [6.07, 6.45) is 0. The number of hydrogen-bond acceptors (Lipinski definition) is 8. The molecular formula is AlO8S2Zr+3. The normalized spacial score (nSPS) is 9.67. The van der Waals surface area contributed by atoms with Crippen LogP contribution in [0, 0.1) is 0 Å². The van der Waals surface area contributed by atoms with E-state index < -0.39 is 20.8 Å². The van der Waals surface area contributed by atoms with E-state index in [-0.39, 0.29) is 43.6 Å². The Morgan fingerprint density at radius 3 is 0.667 bits per heavy atom. The zero-order valence-corrected chi connectivity index (χ0v) is 10.4. The number of rotatable bonds is 0. The maximum Gasteiger partial charge on any atom is 4.00 e. The van der Waals surface area contributed by atoms with Crippen LogP contribution in [-0.2, 0) is 47.0 Å². The first-order chi connectivity index (χ1) is 4.00. The molecule has 0 aliphatic heterocycles. The van der Waals surface area contributed by atoms with E-state index in [4.69, 9.17) is 35.0 Å². The fourth-order valence-corrected chi connectivity index (χ4v) is 0. The van der Waals surface area contributed by atoms with Gasteiger partial charge in [-0.1, -0.05) is 0 Å². The molecule has 0 aliphatic rings. The predicted octanol–water partition coefficient (Wildman–Crippen LogP) is -3.06. The molecule has 0 rings (SSSR count). The molecule has 0 amide bonds. The third kappa shape index (κ3) is 862. The van der Waals surface area contributed by atoms with Crippen LogP contribution in [0.2, 0.25) is 0 Å². The fraction of sp³-hybridized carbons (Fsp3) is 0. The van der Waals surface area contributed by atoms with Crippen LogP contribution in [0.1, 0.15) is 0 Å². The minimum Gasteiger partial charge on any atom is -0.759 e. The molecule has 0 aromatic rings. The SMILES string of the molecule is O=S(=O)([O-])[O-].O=S(=O)([O-])[O-].[Al+3].[Zr+4]. The van der Waals surface area contributed by atoms with Crippen molar-refractivity contribution in [2.24, 2.45) is 0 Å². The largest absolute Gasteiger partial charge is 4.00 e. The van der Waals surface area contributed by atoms with Gasteiger partial charge in [0.2, 0.25) is 0 Å². The molecule has 12 heavy (non-hydrogen) atoms. The molecule has 0 atom stereocenters. The average Bonchev–Trinajstić information content (AvgIpc) is 1.12. The second-order valence-electron chi connectivity index (χ2n) is 0.816. The smallest absolute Gasteiger partial charge is 0.759 e. The van der Waals surface area contributed by atoms with E-state index >= 15 is 0 Å². The Hall–Kier alpha value is 1.16. The summed E-state index contributed by atoms with van der Waals surface area (Å²) in [5, 5.41) is 0. The van der Waals surface area contributed by atoms with Crippen LogP contribution in [0.25, 0.3) is 0 Å². The zero-order valence-electron chi connectivity index (χ0n) is 5.16. The van der Waals surface area contributed by atoms with Crippen molar-refractivity contribution in [1.29, 1.82) is 0 Å². The van der Waals surface area contributed by atoms with Crippen LogP contribution >= 0.6 is 0 Å². The molecule has 0 saturated carbocycles. The second-order valence-corrected chi connectivity index (χ2v) is 2.45. The van der Waals surface area contributed by atoms with E-state index in [1.54, 1.807) is 0 Å². The molecule has 0 radical (unpaired) electrons. The molecule has 0 saturated heterocycles. The third-order valence-corrected chi connectivity index (χ3v) is 0. The molecule has 0 fully saturated rings. The molecule has 0 unspecified atom stereocenters. The summed E-state index contributed by atoms with van der Waals surface area (Å²) in [5.41, 5.74) is 0. The third-order valence-electron chi connectivity index (χ3n) is 0. The summed E-state index contributed by atoms with van der Waals surface area (Å²) in [6.45, 7) is 0. The molecule has 0 bridgehead atoms. The number of hydrogen-bond donors (Lipinski definition) is 0. The molecule has 0 aromatic heterocycles. The molecule has 0 aromatic carbocycles. The van der Waals surface area contributed by atoms with Crippen LogP contribution in [-0.4, -0.2) is 52.4 Å². The Morgan fingerprint density at radius 1 is 0.667 bits per heavy atom. The van der Waals surface area contributed by atoms with Crippen molar-refractivity contribution >= 4 is 38.2 Å². The first-order valence-corrected chi connectivity index (χ1v) is 4.00. The Bertz CT molecular complexity index is 213. The quantitative estimate of drug-likeness (QED) is 0.259. The van der Waals surface area contributed by atoms with Gasteiger partial charge in [0.25, 0.3) is 0 Å². The van der Waals surface area contributed by atoms with Gasteiger partial charge in [0.05, 0.1) is 0 Å². The van der Waals surface area contributed by atoms with Crippen LogP contribution in [0.4, 0.5) is 0 Å². The van der Waals surface area contributed by atoms with Crippen molar-refractivity contribution in [2.75, 3.05) is 0 Å². The van der Waals surface area contributed by atoms with Crippen LogP contribution in [0.15, 0.2) is 0 Å². The van der Waals surface area contributed by atoms with Gasteiger partial charge in [0.15, 0.2) is 0 Å². The van der Waals surface area contributed by atoms with Gasteiger partial charge in [-0.05, 0) is 0 Å². The topological polar surface area (TPSA) is 161 Å². The van der Waals surface area contributed by atoms with Crippen LogP contribution < -0.4 is 0 Å². The minimum atomic E-state index is -5.17. The van der Waals surface area contributed by atoms with Crippen molar-refractivity contribution in [2.45, 2.75) is 0 Å². The van der Waals surface area contributed by atoms with E-state index in [1.165, 1.54) is 0 Å². The zero-order chi connectivity index (χ0) is 9.00.